The highest BCUT2D eigenvalue weighted by atomic mass is 35.5. The molecule has 0 saturated carbocycles. The topological polar surface area (TPSA) is 55.9 Å². The lowest BCUT2D eigenvalue weighted by Gasteiger charge is -2.26. The van der Waals surface area contributed by atoms with Crippen molar-refractivity contribution < 1.29 is 0 Å². The molecule has 1 heterocycles. The van der Waals surface area contributed by atoms with E-state index in [4.69, 9.17) is 17.4 Å². The quantitative estimate of drug-likeness (QED) is 0.673. The van der Waals surface area contributed by atoms with Crippen LogP contribution in [0, 0.1) is 0 Å². The van der Waals surface area contributed by atoms with E-state index in [9.17, 15) is 0 Å². The predicted molar refractivity (Wildman–Crippen MR) is 85.2 cm³/mol. The maximum Gasteiger partial charge on any atom is 0.0835 e. The van der Waals surface area contributed by atoms with Gasteiger partial charge in [0, 0.05) is 12.0 Å². The van der Waals surface area contributed by atoms with Crippen molar-refractivity contribution in [3.63, 3.8) is 0 Å². The molecule has 21 heavy (non-hydrogen) atoms. The number of hydrogen-bond acceptors (Lipinski definition) is 3. The molecule has 0 saturated heterocycles. The number of aryl methyl sites for hydroxylation is 1. The number of halogens is 1. The number of nitrogens with one attached hydrogen (secondary N) is 1. The van der Waals surface area contributed by atoms with Gasteiger partial charge in [-0.05, 0) is 37.8 Å². The Bertz CT molecular complexity index is 635. The van der Waals surface area contributed by atoms with Crippen LogP contribution >= 0.6 is 11.6 Å². The molecule has 0 amide bonds. The Hall–Kier alpha value is -1.36. The summed E-state index contributed by atoms with van der Waals surface area (Å²) in [7, 11) is 0. The van der Waals surface area contributed by atoms with Crippen LogP contribution in [0.1, 0.15) is 55.1 Å². The van der Waals surface area contributed by atoms with Crippen LogP contribution in [-0.2, 0) is 6.42 Å². The summed E-state index contributed by atoms with van der Waals surface area (Å²) in [5.74, 6) is 6.22. The van der Waals surface area contributed by atoms with Crippen molar-refractivity contribution in [1.82, 2.24) is 15.2 Å². The Balaban J connectivity index is 2.03. The average molecular weight is 305 g/mol. The molecule has 2 aromatic rings. The van der Waals surface area contributed by atoms with Crippen molar-refractivity contribution in [2.45, 2.75) is 44.7 Å². The van der Waals surface area contributed by atoms with Crippen LogP contribution in [0.3, 0.4) is 0 Å². The molecule has 1 aromatic carbocycles. The van der Waals surface area contributed by atoms with Crippen molar-refractivity contribution in [2.75, 3.05) is 0 Å². The van der Waals surface area contributed by atoms with Crippen LogP contribution in [0.15, 0.2) is 30.5 Å². The lowest BCUT2D eigenvalue weighted by molar-refractivity contribution is 0.399. The van der Waals surface area contributed by atoms with Crippen LogP contribution < -0.4 is 11.3 Å². The second-order valence-corrected chi connectivity index (χ2v) is 6.31. The van der Waals surface area contributed by atoms with Crippen LogP contribution in [-0.4, -0.2) is 9.78 Å². The van der Waals surface area contributed by atoms with Gasteiger partial charge in [-0.1, -0.05) is 35.9 Å². The zero-order chi connectivity index (χ0) is 15.0. The summed E-state index contributed by atoms with van der Waals surface area (Å²) >= 11 is 6.39. The molecule has 0 radical (unpaired) electrons. The van der Waals surface area contributed by atoms with Crippen molar-refractivity contribution in [1.29, 1.82) is 0 Å². The molecule has 3 rings (SSSR count). The van der Waals surface area contributed by atoms with Gasteiger partial charge in [0.1, 0.15) is 0 Å². The van der Waals surface area contributed by atoms with E-state index in [2.05, 4.69) is 48.6 Å². The first kappa shape index (κ1) is 14.6. The Labute approximate surface area is 130 Å². The minimum atomic E-state index is -0.0222. The molecule has 3 N–H and O–H groups in total. The lowest BCUT2D eigenvalue weighted by Crippen LogP contribution is -2.34. The summed E-state index contributed by atoms with van der Waals surface area (Å²) in [5, 5.41) is 5.08. The molecule has 0 aliphatic heterocycles. The van der Waals surface area contributed by atoms with E-state index in [0.717, 1.165) is 18.5 Å². The molecule has 0 fully saturated rings. The van der Waals surface area contributed by atoms with Crippen molar-refractivity contribution in [2.24, 2.45) is 5.84 Å². The number of nitrogens with zero attached hydrogens (tertiary/aromatic N) is 2. The van der Waals surface area contributed by atoms with Gasteiger partial charge in [0.05, 0.1) is 23.0 Å². The Kier molecular flexibility index (Phi) is 4.02. The van der Waals surface area contributed by atoms with E-state index in [0.29, 0.717) is 10.9 Å². The fraction of sp³-hybridized carbons (Fsp3) is 0.438. The molecule has 0 bridgehead atoms. The van der Waals surface area contributed by atoms with E-state index in [-0.39, 0.29) is 12.1 Å². The maximum atomic E-state index is 6.39. The molecule has 4 nitrogen and oxygen atoms in total. The highest BCUT2D eigenvalue weighted by Crippen LogP contribution is 2.43. The Morgan fingerprint density at radius 3 is 2.86 bits per heavy atom. The summed E-state index contributed by atoms with van der Waals surface area (Å²) in [6.07, 6.45) is 3.88. The minimum Gasteiger partial charge on any atom is -0.271 e. The number of nitrogens with two attached hydrogens (primary N) is 1. The van der Waals surface area contributed by atoms with E-state index in [1.807, 2.05) is 4.68 Å². The zero-order valence-corrected chi connectivity index (χ0v) is 13.1. The molecular formula is C16H21ClN4. The first-order valence-electron chi connectivity index (χ1n) is 7.40. The predicted octanol–water partition coefficient (Wildman–Crippen LogP) is 3.35. The number of benzene rings is 1. The van der Waals surface area contributed by atoms with E-state index in [1.165, 1.54) is 11.1 Å². The zero-order valence-electron chi connectivity index (χ0n) is 12.4. The monoisotopic (exact) mass is 304 g/mol. The highest BCUT2D eigenvalue weighted by Gasteiger charge is 2.33. The smallest absolute Gasteiger partial charge is 0.0835 e. The summed E-state index contributed by atoms with van der Waals surface area (Å²) in [4.78, 5) is 0. The van der Waals surface area contributed by atoms with Gasteiger partial charge in [-0.2, -0.15) is 5.10 Å². The SMILES string of the molecule is CC(C)n1ncc(Cl)c1C(NN)C1CCc2ccccc21. The van der Waals surface area contributed by atoms with E-state index in [1.54, 1.807) is 6.20 Å². The Morgan fingerprint density at radius 1 is 1.38 bits per heavy atom. The maximum absolute atomic E-state index is 6.39. The van der Waals surface area contributed by atoms with E-state index >= 15 is 0 Å². The van der Waals surface area contributed by atoms with Crippen LogP contribution in [0.4, 0.5) is 0 Å². The van der Waals surface area contributed by atoms with Crippen molar-refractivity contribution >= 4 is 11.6 Å². The normalized spacial score (nSPS) is 19.0. The van der Waals surface area contributed by atoms with Crippen molar-refractivity contribution in [3.8, 4) is 0 Å². The lowest BCUT2D eigenvalue weighted by atomic mass is 9.91. The van der Waals surface area contributed by atoms with Crippen LogP contribution in [0.2, 0.25) is 5.02 Å². The number of hydrogen-bond donors (Lipinski definition) is 2. The molecule has 5 heteroatoms. The molecule has 0 spiro atoms. The van der Waals surface area contributed by atoms with Crippen molar-refractivity contribution in [3.05, 3.63) is 52.3 Å². The molecule has 1 aromatic heterocycles. The molecule has 112 valence electrons. The van der Waals surface area contributed by atoms with Gasteiger partial charge in [-0.25, -0.2) is 0 Å². The van der Waals surface area contributed by atoms with Gasteiger partial charge < -0.3 is 0 Å². The number of fused-ring (bicyclic) bond motifs is 1. The van der Waals surface area contributed by atoms with Gasteiger partial charge in [0.15, 0.2) is 0 Å². The third-order valence-corrected chi connectivity index (χ3v) is 4.62. The van der Waals surface area contributed by atoms with Crippen LogP contribution in [0.25, 0.3) is 0 Å². The van der Waals surface area contributed by atoms with Gasteiger partial charge in [-0.3, -0.25) is 16.0 Å². The van der Waals surface area contributed by atoms with Gasteiger partial charge in [-0.15, -0.1) is 0 Å². The summed E-state index contributed by atoms with van der Waals surface area (Å²) in [6.45, 7) is 4.20. The minimum absolute atomic E-state index is 0.0222. The Morgan fingerprint density at radius 2 is 2.14 bits per heavy atom. The number of hydrazine groups is 1. The summed E-state index contributed by atoms with van der Waals surface area (Å²) < 4.78 is 1.97. The second-order valence-electron chi connectivity index (χ2n) is 5.90. The van der Waals surface area contributed by atoms with Gasteiger partial charge in [0.25, 0.3) is 0 Å². The molecule has 2 atom stereocenters. The number of aromatic nitrogens is 2. The summed E-state index contributed by atoms with van der Waals surface area (Å²) in [5.41, 5.74) is 6.74. The molecule has 1 aliphatic carbocycles. The summed E-state index contributed by atoms with van der Waals surface area (Å²) in [6, 6.07) is 8.81. The molecule has 2 unspecified atom stereocenters. The number of rotatable bonds is 4. The average Bonchev–Trinajstić information content (AvgIpc) is 3.06. The first-order chi connectivity index (χ1) is 10.1. The van der Waals surface area contributed by atoms with E-state index < -0.39 is 0 Å². The fourth-order valence-electron chi connectivity index (χ4n) is 3.38. The second kappa shape index (κ2) is 5.79. The largest absolute Gasteiger partial charge is 0.271 e. The molecular weight excluding hydrogens is 284 g/mol. The standard InChI is InChI=1S/C16H21ClN4/c1-10(2)21-16(14(17)9-19-21)15(20-18)13-8-7-11-5-3-4-6-12(11)13/h3-6,9-10,13,15,20H,7-8,18H2,1-2H3. The fourth-order valence-corrected chi connectivity index (χ4v) is 3.62. The highest BCUT2D eigenvalue weighted by molar-refractivity contribution is 6.31. The molecule has 1 aliphatic rings. The first-order valence-corrected chi connectivity index (χ1v) is 7.78. The van der Waals surface area contributed by atoms with Crippen LogP contribution in [0.5, 0.6) is 0 Å². The van der Waals surface area contributed by atoms with Gasteiger partial charge in [0.2, 0.25) is 0 Å². The third kappa shape index (κ3) is 2.48. The third-order valence-electron chi connectivity index (χ3n) is 4.33. The van der Waals surface area contributed by atoms with Gasteiger partial charge >= 0.3 is 0 Å².